The number of nitrogen functional groups attached to an aromatic ring is 1. The molecule has 0 saturated carbocycles. The van der Waals surface area contributed by atoms with Crippen molar-refractivity contribution in [1.82, 2.24) is 19.9 Å². The molecule has 5 N–H and O–H groups in total. The fraction of sp³-hybridized carbons (Fsp3) is 0.318. The fourth-order valence-electron chi connectivity index (χ4n) is 4.45. The molecule has 1 fully saturated rings. The molecule has 0 spiro atoms. The van der Waals surface area contributed by atoms with Crippen LogP contribution in [0.4, 0.5) is 24.5 Å². The van der Waals surface area contributed by atoms with Crippen LogP contribution in [0.2, 0.25) is 0 Å². The molecule has 11 heteroatoms. The van der Waals surface area contributed by atoms with E-state index in [0.29, 0.717) is 35.2 Å². The van der Waals surface area contributed by atoms with Gasteiger partial charge in [-0.25, -0.2) is 28.1 Å². The van der Waals surface area contributed by atoms with Gasteiger partial charge in [0.25, 0.3) is 0 Å². The summed E-state index contributed by atoms with van der Waals surface area (Å²) in [5.74, 6) is -2.10. The maximum Gasteiger partial charge on any atom is 0.316 e. The van der Waals surface area contributed by atoms with Gasteiger partial charge in [0.15, 0.2) is 11.6 Å². The number of H-pyrrole nitrogens is 1. The van der Waals surface area contributed by atoms with Crippen molar-refractivity contribution in [2.24, 2.45) is 5.73 Å². The molecule has 8 nitrogen and oxygen atoms in total. The molecule has 0 radical (unpaired) electrons. The molecule has 4 aromatic rings. The normalized spacial score (nSPS) is 18.5. The van der Waals surface area contributed by atoms with Crippen molar-refractivity contribution < 1.29 is 17.9 Å². The van der Waals surface area contributed by atoms with E-state index in [2.05, 4.69) is 19.9 Å². The summed E-state index contributed by atoms with van der Waals surface area (Å²) < 4.78 is 49.4. The highest BCUT2D eigenvalue weighted by atomic mass is 19.2. The molecular weight excluding hydrogens is 435 g/mol. The number of fused-ring (bicyclic) bond motifs is 3. The van der Waals surface area contributed by atoms with Gasteiger partial charge in [0.2, 0.25) is 0 Å². The van der Waals surface area contributed by atoms with Crippen LogP contribution in [0.25, 0.3) is 21.9 Å². The maximum atomic E-state index is 15.1. The number of aromatic amines is 1. The molecule has 0 aliphatic carbocycles. The summed E-state index contributed by atoms with van der Waals surface area (Å²) in [5.41, 5.74) is 12.7. The van der Waals surface area contributed by atoms with Gasteiger partial charge in [-0.1, -0.05) is 0 Å². The van der Waals surface area contributed by atoms with E-state index in [1.807, 2.05) is 4.90 Å². The zero-order chi connectivity index (χ0) is 23.3. The summed E-state index contributed by atoms with van der Waals surface area (Å²) in [7, 11) is 1.47. The number of ether oxygens (including phenoxy) is 1. The molecule has 4 heterocycles. The third kappa shape index (κ3) is 3.48. The van der Waals surface area contributed by atoms with Crippen molar-refractivity contribution in [3.63, 3.8) is 0 Å². The molecule has 0 bridgehead atoms. The van der Waals surface area contributed by atoms with Gasteiger partial charge in [-0.3, -0.25) is 0 Å². The monoisotopic (exact) mass is 457 g/mol. The molecular formula is C22H22F3N7O. The summed E-state index contributed by atoms with van der Waals surface area (Å²) in [6, 6.07) is 1.15. The van der Waals surface area contributed by atoms with Gasteiger partial charge in [0, 0.05) is 50.6 Å². The number of aromatic nitrogens is 4. The highest BCUT2D eigenvalue weighted by Gasteiger charge is 2.39. The Hall–Kier alpha value is -3.60. The Bertz CT molecular complexity index is 1360. The first-order chi connectivity index (χ1) is 15.8. The van der Waals surface area contributed by atoms with E-state index in [1.165, 1.54) is 7.11 Å². The van der Waals surface area contributed by atoms with Gasteiger partial charge in [-0.2, -0.15) is 0 Å². The number of hydrogen-bond acceptors (Lipinski definition) is 7. The van der Waals surface area contributed by atoms with Crippen LogP contribution < -0.4 is 21.1 Å². The Morgan fingerprint density at radius 3 is 2.61 bits per heavy atom. The molecule has 1 aromatic carbocycles. The summed E-state index contributed by atoms with van der Waals surface area (Å²) >= 11 is 0. The number of pyridine rings is 1. The van der Waals surface area contributed by atoms with Crippen LogP contribution in [-0.2, 0) is 6.42 Å². The van der Waals surface area contributed by atoms with E-state index >= 15 is 8.78 Å². The minimum Gasteiger partial charge on any atom is -0.467 e. The first-order valence-electron chi connectivity index (χ1n) is 10.4. The van der Waals surface area contributed by atoms with E-state index in [1.54, 1.807) is 18.6 Å². The van der Waals surface area contributed by atoms with E-state index in [0.717, 1.165) is 11.6 Å². The summed E-state index contributed by atoms with van der Waals surface area (Å²) in [6.45, 7) is 0.245. The lowest BCUT2D eigenvalue weighted by Gasteiger charge is -2.24. The second-order valence-corrected chi connectivity index (χ2v) is 8.27. The Balaban J connectivity index is 1.75. The van der Waals surface area contributed by atoms with Gasteiger partial charge in [-0.05, 0) is 11.1 Å². The van der Waals surface area contributed by atoms with Crippen molar-refractivity contribution in [2.45, 2.75) is 18.5 Å². The van der Waals surface area contributed by atoms with Gasteiger partial charge in [0.1, 0.15) is 11.3 Å². The third-order valence-corrected chi connectivity index (χ3v) is 6.12. The predicted octanol–water partition coefficient (Wildman–Crippen LogP) is 2.84. The van der Waals surface area contributed by atoms with Crippen LogP contribution in [0.5, 0.6) is 6.01 Å². The quantitative estimate of drug-likeness (QED) is 0.394. The number of nitrogens with zero attached hydrogens (tertiary/aromatic N) is 4. The van der Waals surface area contributed by atoms with Gasteiger partial charge in [-0.15, -0.1) is 0 Å². The van der Waals surface area contributed by atoms with E-state index in [4.69, 9.17) is 16.2 Å². The minimum absolute atomic E-state index is 0.0121. The SMILES string of the molecule is COc1ncc(Cc2cnc3[nH]c4c(N)cc(F)c(F)c4c3c2N2CCC(F)(CN)C2)cn1. The standard InChI is InChI=1S/C22H22F3N7O/c1-33-21-29-6-11(7-30-21)4-12-8-28-20-16(19(12)32-3-2-22(25,9-26)10-32)15-17(24)13(23)5-14(27)18(15)31-20/h5-8H,2-4,9-10,26-27H2,1H3,(H,28,31). The van der Waals surface area contributed by atoms with Crippen molar-refractivity contribution in [3.8, 4) is 6.01 Å². The predicted molar refractivity (Wildman–Crippen MR) is 119 cm³/mol. The van der Waals surface area contributed by atoms with Crippen molar-refractivity contribution in [3.05, 3.63) is 47.4 Å². The molecule has 0 amide bonds. The highest BCUT2D eigenvalue weighted by molar-refractivity contribution is 6.16. The molecule has 5 rings (SSSR count). The average molecular weight is 457 g/mol. The zero-order valence-corrected chi connectivity index (χ0v) is 17.8. The van der Waals surface area contributed by atoms with Crippen LogP contribution in [0.15, 0.2) is 24.7 Å². The summed E-state index contributed by atoms with van der Waals surface area (Å²) in [5, 5.41) is 0.337. The van der Waals surface area contributed by atoms with Crippen LogP contribution in [0.3, 0.4) is 0 Å². The van der Waals surface area contributed by atoms with Crippen LogP contribution in [-0.4, -0.2) is 52.3 Å². The molecule has 1 unspecified atom stereocenters. The van der Waals surface area contributed by atoms with Crippen molar-refractivity contribution in [2.75, 3.05) is 37.4 Å². The maximum absolute atomic E-state index is 15.1. The van der Waals surface area contributed by atoms with Crippen LogP contribution >= 0.6 is 0 Å². The summed E-state index contributed by atoms with van der Waals surface area (Å²) in [6.07, 6.45) is 5.40. The highest BCUT2D eigenvalue weighted by Crippen LogP contribution is 2.42. The lowest BCUT2D eigenvalue weighted by molar-refractivity contribution is 0.204. The Kier molecular flexibility index (Phi) is 5.00. The molecule has 172 valence electrons. The number of nitrogens with two attached hydrogens (primary N) is 2. The number of alkyl halides is 1. The third-order valence-electron chi connectivity index (χ3n) is 6.12. The first-order valence-corrected chi connectivity index (χ1v) is 10.4. The second-order valence-electron chi connectivity index (χ2n) is 8.27. The van der Waals surface area contributed by atoms with Gasteiger partial charge >= 0.3 is 6.01 Å². The zero-order valence-electron chi connectivity index (χ0n) is 17.8. The number of benzene rings is 1. The molecule has 1 aliphatic rings. The molecule has 1 aliphatic heterocycles. The Labute approximate surface area is 186 Å². The second kappa shape index (κ2) is 7.77. The molecule has 33 heavy (non-hydrogen) atoms. The number of methoxy groups -OCH3 is 1. The minimum atomic E-state index is -1.58. The molecule has 3 aromatic heterocycles. The topological polar surface area (TPSA) is 119 Å². The number of halogens is 3. The number of anilines is 2. The van der Waals surface area contributed by atoms with E-state index in [9.17, 15) is 4.39 Å². The molecule has 1 atom stereocenters. The van der Waals surface area contributed by atoms with Crippen LogP contribution in [0, 0.1) is 11.6 Å². The van der Waals surface area contributed by atoms with Crippen molar-refractivity contribution >= 4 is 33.3 Å². The fourth-order valence-corrected chi connectivity index (χ4v) is 4.45. The lowest BCUT2D eigenvalue weighted by atomic mass is 10.0. The number of rotatable bonds is 5. The van der Waals surface area contributed by atoms with Crippen LogP contribution in [0.1, 0.15) is 17.5 Å². The smallest absolute Gasteiger partial charge is 0.316 e. The lowest BCUT2D eigenvalue weighted by Crippen LogP contribution is -2.36. The Morgan fingerprint density at radius 2 is 1.94 bits per heavy atom. The average Bonchev–Trinajstić information content (AvgIpc) is 3.40. The largest absolute Gasteiger partial charge is 0.467 e. The summed E-state index contributed by atoms with van der Waals surface area (Å²) in [4.78, 5) is 17.5. The van der Waals surface area contributed by atoms with E-state index in [-0.39, 0.29) is 42.1 Å². The number of hydrogen-bond donors (Lipinski definition) is 3. The molecule has 1 saturated heterocycles. The van der Waals surface area contributed by atoms with Gasteiger partial charge < -0.3 is 26.1 Å². The van der Waals surface area contributed by atoms with Gasteiger partial charge in [0.05, 0.1) is 41.3 Å². The first kappa shape index (κ1) is 21.3. The number of nitrogens with one attached hydrogen (secondary N) is 1. The Morgan fingerprint density at radius 1 is 1.18 bits per heavy atom. The van der Waals surface area contributed by atoms with Crippen molar-refractivity contribution in [1.29, 1.82) is 0 Å². The van der Waals surface area contributed by atoms with E-state index < -0.39 is 17.3 Å².